The quantitative estimate of drug-likeness (QED) is 0.529. The molecule has 0 N–H and O–H groups in total. The van der Waals surface area contributed by atoms with E-state index in [-0.39, 0.29) is 35.2 Å². The van der Waals surface area contributed by atoms with Gasteiger partial charge in [-0.2, -0.15) is 0 Å². The summed E-state index contributed by atoms with van der Waals surface area (Å²) in [5.41, 5.74) is 0.340. The maximum absolute atomic E-state index is 13.3. The maximum Gasteiger partial charge on any atom is 0.332 e. The molecule has 0 saturated heterocycles. The summed E-state index contributed by atoms with van der Waals surface area (Å²) < 4.78 is 17.3. The zero-order valence-corrected chi connectivity index (χ0v) is 18.2. The molecule has 2 aromatic heterocycles. The summed E-state index contributed by atoms with van der Waals surface area (Å²) >= 11 is 1.21. The second-order valence-corrected chi connectivity index (χ2v) is 7.78. The normalized spacial score (nSPS) is 11.2. The third-order valence-electron chi connectivity index (χ3n) is 5.01. The number of fused-ring (bicyclic) bond motifs is 1. The lowest BCUT2D eigenvalue weighted by atomic mass is 10.2. The Morgan fingerprint density at radius 1 is 1.10 bits per heavy atom. The molecule has 0 aliphatic carbocycles. The van der Waals surface area contributed by atoms with Crippen molar-refractivity contribution in [3.63, 3.8) is 0 Å². The van der Waals surface area contributed by atoms with Crippen molar-refractivity contribution in [2.45, 2.75) is 25.5 Å². The van der Waals surface area contributed by atoms with E-state index in [0.717, 1.165) is 10.1 Å². The molecule has 1 aromatic carbocycles. The van der Waals surface area contributed by atoms with E-state index in [0.29, 0.717) is 18.2 Å². The number of hydrogen-bond donors (Lipinski definition) is 0. The van der Waals surface area contributed by atoms with Crippen LogP contribution in [-0.4, -0.2) is 48.3 Å². The Bertz CT molecular complexity index is 1190. The van der Waals surface area contributed by atoms with Gasteiger partial charge in [-0.15, -0.1) is 0 Å². The van der Waals surface area contributed by atoms with E-state index in [4.69, 9.17) is 0 Å². The van der Waals surface area contributed by atoms with Crippen LogP contribution in [0.1, 0.15) is 19.4 Å². The number of aromatic nitrogens is 4. The van der Waals surface area contributed by atoms with E-state index in [1.54, 1.807) is 28.6 Å². The second kappa shape index (κ2) is 8.86. The SMILES string of the molecule is CCN(CC)C(=O)CSc1nc2c(c(=O)n(C)c(=O)n2C)n1Cc1ccc(F)cc1. The van der Waals surface area contributed by atoms with E-state index < -0.39 is 11.2 Å². The highest BCUT2D eigenvalue weighted by atomic mass is 32.2. The summed E-state index contributed by atoms with van der Waals surface area (Å²) in [4.78, 5) is 43.9. The lowest BCUT2D eigenvalue weighted by Crippen LogP contribution is -2.37. The number of halogens is 1. The zero-order valence-electron chi connectivity index (χ0n) is 17.4. The maximum atomic E-state index is 13.3. The summed E-state index contributed by atoms with van der Waals surface area (Å²) in [5, 5.41) is 0.452. The van der Waals surface area contributed by atoms with Gasteiger partial charge in [-0.1, -0.05) is 23.9 Å². The molecule has 0 spiro atoms. The molecule has 1 amide bonds. The summed E-state index contributed by atoms with van der Waals surface area (Å²) in [6.07, 6.45) is 0. The van der Waals surface area contributed by atoms with Crippen molar-refractivity contribution in [2.24, 2.45) is 14.1 Å². The van der Waals surface area contributed by atoms with Crippen molar-refractivity contribution in [1.29, 1.82) is 0 Å². The molecule has 3 rings (SSSR count). The molecule has 0 bridgehead atoms. The number of carbonyl (C=O) groups is 1. The van der Waals surface area contributed by atoms with Crippen LogP contribution in [-0.2, 0) is 25.4 Å². The molecule has 0 saturated carbocycles. The number of imidazole rings is 1. The van der Waals surface area contributed by atoms with Gasteiger partial charge in [0.15, 0.2) is 16.3 Å². The van der Waals surface area contributed by atoms with Crippen LogP contribution >= 0.6 is 11.8 Å². The Labute approximate surface area is 176 Å². The van der Waals surface area contributed by atoms with Crippen LogP contribution < -0.4 is 11.2 Å². The predicted octanol–water partition coefficient (Wildman–Crippen LogP) is 1.58. The second-order valence-electron chi connectivity index (χ2n) is 6.84. The Kier molecular flexibility index (Phi) is 6.45. The first-order chi connectivity index (χ1) is 14.3. The van der Waals surface area contributed by atoms with Gasteiger partial charge in [-0.3, -0.25) is 18.7 Å². The number of nitrogens with zero attached hydrogens (tertiary/aromatic N) is 5. The average Bonchev–Trinajstić information content (AvgIpc) is 3.10. The third-order valence-corrected chi connectivity index (χ3v) is 5.97. The minimum atomic E-state index is -0.477. The minimum Gasteiger partial charge on any atom is -0.343 e. The topological polar surface area (TPSA) is 82.1 Å². The molecule has 3 aromatic rings. The highest BCUT2D eigenvalue weighted by Crippen LogP contribution is 2.23. The van der Waals surface area contributed by atoms with E-state index in [1.165, 1.54) is 35.5 Å². The molecule has 0 aliphatic rings. The van der Waals surface area contributed by atoms with Crippen LogP contribution in [0.25, 0.3) is 11.2 Å². The monoisotopic (exact) mass is 433 g/mol. The van der Waals surface area contributed by atoms with Gasteiger partial charge in [0, 0.05) is 27.2 Å². The van der Waals surface area contributed by atoms with Gasteiger partial charge in [0.2, 0.25) is 5.91 Å². The fraction of sp³-hybridized carbons (Fsp3) is 0.400. The average molecular weight is 434 g/mol. The lowest BCUT2D eigenvalue weighted by molar-refractivity contribution is -0.127. The Balaban J connectivity index is 2.10. The molecule has 2 heterocycles. The summed E-state index contributed by atoms with van der Waals surface area (Å²) in [6, 6.07) is 5.95. The van der Waals surface area contributed by atoms with Gasteiger partial charge < -0.3 is 9.47 Å². The highest BCUT2D eigenvalue weighted by molar-refractivity contribution is 7.99. The van der Waals surface area contributed by atoms with Crippen molar-refractivity contribution < 1.29 is 9.18 Å². The standard InChI is InChI=1S/C20H24FN5O3S/c1-5-25(6-2)15(27)12-30-19-22-17-16(18(28)24(4)20(29)23(17)3)26(19)11-13-7-9-14(21)10-8-13/h7-10H,5-6,11-12H2,1-4H3. The molecule has 8 nitrogen and oxygen atoms in total. The molecular weight excluding hydrogens is 409 g/mol. The Hall–Kier alpha value is -2.88. The third kappa shape index (κ3) is 4.04. The van der Waals surface area contributed by atoms with Gasteiger partial charge >= 0.3 is 5.69 Å². The summed E-state index contributed by atoms with van der Waals surface area (Å²) in [7, 11) is 2.96. The van der Waals surface area contributed by atoms with Crippen LogP contribution in [0.4, 0.5) is 4.39 Å². The highest BCUT2D eigenvalue weighted by Gasteiger charge is 2.21. The fourth-order valence-electron chi connectivity index (χ4n) is 3.25. The summed E-state index contributed by atoms with van der Waals surface area (Å²) in [5.74, 6) is -0.234. The van der Waals surface area contributed by atoms with Gasteiger partial charge in [-0.05, 0) is 31.5 Å². The van der Waals surface area contributed by atoms with Gasteiger partial charge in [-0.25, -0.2) is 14.2 Å². The number of aryl methyl sites for hydroxylation is 1. The molecule has 0 atom stereocenters. The lowest BCUT2D eigenvalue weighted by Gasteiger charge is -2.18. The smallest absolute Gasteiger partial charge is 0.332 e. The molecule has 10 heteroatoms. The molecule has 30 heavy (non-hydrogen) atoms. The van der Waals surface area contributed by atoms with Crippen LogP contribution in [0.3, 0.4) is 0 Å². The van der Waals surface area contributed by atoms with Crippen LogP contribution in [0.2, 0.25) is 0 Å². The molecule has 0 aliphatic heterocycles. The molecule has 0 fully saturated rings. The van der Waals surface area contributed by atoms with Gasteiger partial charge in [0.05, 0.1) is 12.3 Å². The van der Waals surface area contributed by atoms with Crippen molar-refractivity contribution in [1.82, 2.24) is 23.6 Å². The number of thioether (sulfide) groups is 1. The molecule has 0 unspecified atom stereocenters. The van der Waals surface area contributed by atoms with Crippen molar-refractivity contribution in [3.05, 3.63) is 56.5 Å². The number of benzene rings is 1. The van der Waals surface area contributed by atoms with E-state index >= 15 is 0 Å². The van der Waals surface area contributed by atoms with Gasteiger partial charge in [0.25, 0.3) is 5.56 Å². The van der Waals surface area contributed by atoms with E-state index in [1.807, 2.05) is 13.8 Å². The minimum absolute atomic E-state index is 0.0350. The van der Waals surface area contributed by atoms with E-state index in [2.05, 4.69) is 4.98 Å². The van der Waals surface area contributed by atoms with Crippen LogP contribution in [0.15, 0.2) is 39.0 Å². The fourth-order valence-corrected chi connectivity index (χ4v) is 4.15. The van der Waals surface area contributed by atoms with Crippen molar-refractivity contribution in [3.8, 4) is 0 Å². The number of amides is 1. The number of hydrogen-bond acceptors (Lipinski definition) is 5. The van der Waals surface area contributed by atoms with Gasteiger partial charge in [0.1, 0.15) is 5.82 Å². The summed E-state index contributed by atoms with van der Waals surface area (Å²) in [6.45, 7) is 5.30. The van der Waals surface area contributed by atoms with E-state index in [9.17, 15) is 18.8 Å². The molecule has 0 radical (unpaired) electrons. The molecular formula is C20H24FN5O3S. The van der Waals surface area contributed by atoms with Crippen molar-refractivity contribution >= 4 is 28.8 Å². The number of rotatable bonds is 7. The Morgan fingerprint density at radius 3 is 2.33 bits per heavy atom. The number of carbonyl (C=O) groups excluding carboxylic acids is 1. The van der Waals surface area contributed by atoms with Crippen LogP contribution in [0.5, 0.6) is 0 Å². The predicted molar refractivity (Wildman–Crippen MR) is 114 cm³/mol. The van der Waals surface area contributed by atoms with Crippen molar-refractivity contribution in [2.75, 3.05) is 18.8 Å². The Morgan fingerprint density at radius 2 is 1.73 bits per heavy atom. The molecule has 160 valence electrons. The first kappa shape index (κ1) is 21.8. The zero-order chi connectivity index (χ0) is 22.0. The first-order valence-corrected chi connectivity index (χ1v) is 10.6. The van der Waals surface area contributed by atoms with Crippen LogP contribution in [0, 0.1) is 5.82 Å². The first-order valence-electron chi connectivity index (χ1n) is 9.59. The largest absolute Gasteiger partial charge is 0.343 e.